The summed E-state index contributed by atoms with van der Waals surface area (Å²) >= 11 is 0. The zero-order valence-electron chi connectivity index (χ0n) is 17.4. The lowest BCUT2D eigenvalue weighted by molar-refractivity contribution is -0.137. The number of pyridine rings is 1. The normalized spacial score (nSPS) is 17.2. The molecule has 4 rings (SSSR count). The summed E-state index contributed by atoms with van der Waals surface area (Å²) in [5, 5.41) is 0. The Morgan fingerprint density at radius 3 is 2.42 bits per heavy atom. The summed E-state index contributed by atoms with van der Waals surface area (Å²) in [4.78, 5) is 16.0. The summed E-state index contributed by atoms with van der Waals surface area (Å²) in [6, 6.07) is 11.5. The average Bonchev–Trinajstić information content (AvgIpc) is 3.22. The number of hydrogen-bond acceptors (Lipinski definition) is 4. The number of halogens is 3. The van der Waals surface area contributed by atoms with Crippen LogP contribution in [0.5, 0.6) is 0 Å². The Kier molecular flexibility index (Phi) is 6.32. The van der Waals surface area contributed by atoms with Gasteiger partial charge in [-0.25, -0.2) is 9.97 Å². The monoisotopic (exact) mass is 426 g/mol. The standard InChI is InChI=1S/C24H25F3N4/c1-2-23-28-14-18(15-29-23)16-31-12-4-7-22(31)21-6-3-5-20(30-21)13-17-8-10-19(11-9-17)24(25,26)27/h3,5-6,8-11,14-15,22H,2,4,7,12-13,16H2,1H3/t22-/m0/s1. The van der Waals surface area contributed by atoms with E-state index in [9.17, 15) is 13.2 Å². The molecule has 0 radical (unpaired) electrons. The molecular weight excluding hydrogens is 401 g/mol. The lowest BCUT2D eigenvalue weighted by atomic mass is 10.1. The van der Waals surface area contributed by atoms with Crippen molar-refractivity contribution in [3.8, 4) is 0 Å². The third-order valence-corrected chi connectivity index (χ3v) is 5.66. The molecule has 0 amide bonds. The minimum atomic E-state index is -4.31. The van der Waals surface area contributed by atoms with Gasteiger partial charge in [-0.2, -0.15) is 13.2 Å². The highest BCUT2D eigenvalue weighted by molar-refractivity contribution is 5.28. The van der Waals surface area contributed by atoms with E-state index in [-0.39, 0.29) is 6.04 Å². The number of aryl methyl sites for hydroxylation is 1. The third kappa shape index (κ3) is 5.28. The Bertz CT molecular complexity index is 1000. The van der Waals surface area contributed by atoms with Gasteiger partial charge in [-0.3, -0.25) is 9.88 Å². The van der Waals surface area contributed by atoms with Gasteiger partial charge in [0.1, 0.15) is 5.82 Å². The first-order valence-corrected chi connectivity index (χ1v) is 10.6. The maximum Gasteiger partial charge on any atom is 0.416 e. The maximum atomic E-state index is 12.8. The van der Waals surface area contributed by atoms with Crippen molar-refractivity contribution in [1.29, 1.82) is 0 Å². The molecule has 1 aliphatic heterocycles. The van der Waals surface area contributed by atoms with Crippen molar-refractivity contribution >= 4 is 0 Å². The van der Waals surface area contributed by atoms with Crippen LogP contribution in [0.25, 0.3) is 0 Å². The van der Waals surface area contributed by atoms with E-state index in [2.05, 4.69) is 14.9 Å². The van der Waals surface area contributed by atoms with Gasteiger partial charge in [0.2, 0.25) is 0 Å². The van der Waals surface area contributed by atoms with Crippen LogP contribution in [0.2, 0.25) is 0 Å². The molecule has 0 spiro atoms. The Morgan fingerprint density at radius 2 is 1.74 bits per heavy atom. The summed E-state index contributed by atoms with van der Waals surface area (Å²) in [6.45, 7) is 3.80. The van der Waals surface area contributed by atoms with Crippen molar-refractivity contribution in [3.63, 3.8) is 0 Å². The van der Waals surface area contributed by atoms with Crippen LogP contribution in [0.4, 0.5) is 13.2 Å². The molecule has 4 nitrogen and oxygen atoms in total. The molecule has 7 heteroatoms. The average molecular weight is 426 g/mol. The predicted molar refractivity (Wildman–Crippen MR) is 112 cm³/mol. The molecule has 2 aromatic heterocycles. The van der Waals surface area contributed by atoms with E-state index in [1.165, 1.54) is 12.1 Å². The fourth-order valence-electron chi connectivity index (χ4n) is 4.03. The summed E-state index contributed by atoms with van der Waals surface area (Å²) < 4.78 is 38.3. The number of aromatic nitrogens is 3. The van der Waals surface area contributed by atoms with Crippen LogP contribution >= 0.6 is 0 Å². The Morgan fingerprint density at radius 1 is 1.00 bits per heavy atom. The van der Waals surface area contributed by atoms with Crippen LogP contribution in [0.1, 0.15) is 59.7 Å². The zero-order valence-corrected chi connectivity index (χ0v) is 17.4. The second kappa shape index (κ2) is 9.14. The molecule has 31 heavy (non-hydrogen) atoms. The summed E-state index contributed by atoms with van der Waals surface area (Å²) in [5.41, 5.74) is 3.14. The van der Waals surface area contributed by atoms with Gasteiger partial charge < -0.3 is 0 Å². The van der Waals surface area contributed by atoms with Crippen LogP contribution in [0.3, 0.4) is 0 Å². The number of likely N-dealkylation sites (tertiary alicyclic amines) is 1. The van der Waals surface area contributed by atoms with Gasteiger partial charge in [0.25, 0.3) is 0 Å². The van der Waals surface area contributed by atoms with Crippen LogP contribution in [0, 0.1) is 0 Å². The van der Waals surface area contributed by atoms with Crippen molar-refractivity contribution in [2.75, 3.05) is 6.54 Å². The minimum absolute atomic E-state index is 0.221. The number of rotatable bonds is 6. The first-order chi connectivity index (χ1) is 14.9. The fraction of sp³-hybridized carbons (Fsp3) is 0.375. The van der Waals surface area contributed by atoms with Gasteiger partial charge >= 0.3 is 6.18 Å². The summed E-state index contributed by atoms with van der Waals surface area (Å²) in [6.07, 6.45) is 2.94. The molecule has 1 aromatic carbocycles. The van der Waals surface area contributed by atoms with E-state index in [1.54, 1.807) is 0 Å². The lowest BCUT2D eigenvalue weighted by Crippen LogP contribution is -2.24. The van der Waals surface area contributed by atoms with E-state index in [1.807, 2.05) is 37.5 Å². The number of alkyl halides is 3. The maximum absolute atomic E-state index is 12.8. The molecule has 0 saturated carbocycles. The SMILES string of the molecule is CCc1ncc(CN2CCC[C@H]2c2cccc(Cc3ccc(C(F)(F)F)cc3)n2)cn1. The van der Waals surface area contributed by atoms with Crippen molar-refractivity contribution in [3.05, 3.63) is 88.8 Å². The molecule has 3 aromatic rings. The molecule has 0 unspecified atom stereocenters. The molecule has 1 saturated heterocycles. The van der Waals surface area contributed by atoms with Crippen molar-refractivity contribution in [1.82, 2.24) is 19.9 Å². The second-order valence-electron chi connectivity index (χ2n) is 7.91. The number of benzene rings is 1. The van der Waals surface area contributed by atoms with E-state index in [0.29, 0.717) is 6.42 Å². The van der Waals surface area contributed by atoms with Crippen LogP contribution in [-0.2, 0) is 25.6 Å². The first-order valence-electron chi connectivity index (χ1n) is 10.6. The highest BCUT2D eigenvalue weighted by Crippen LogP contribution is 2.32. The number of nitrogens with zero attached hydrogens (tertiary/aromatic N) is 4. The highest BCUT2D eigenvalue weighted by atomic mass is 19.4. The molecule has 0 aliphatic carbocycles. The van der Waals surface area contributed by atoms with Crippen LogP contribution < -0.4 is 0 Å². The lowest BCUT2D eigenvalue weighted by Gasteiger charge is -2.24. The van der Waals surface area contributed by atoms with Crippen molar-refractivity contribution < 1.29 is 13.2 Å². The molecule has 3 heterocycles. The summed E-state index contributed by atoms with van der Waals surface area (Å²) in [5.74, 6) is 0.847. The smallest absolute Gasteiger partial charge is 0.290 e. The van der Waals surface area contributed by atoms with E-state index < -0.39 is 11.7 Å². The van der Waals surface area contributed by atoms with E-state index >= 15 is 0 Å². The van der Waals surface area contributed by atoms with Gasteiger partial charge in [-0.15, -0.1) is 0 Å². The highest BCUT2D eigenvalue weighted by Gasteiger charge is 2.30. The molecule has 0 bridgehead atoms. The molecular formula is C24H25F3N4. The van der Waals surface area contributed by atoms with Gasteiger partial charge in [0.05, 0.1) is 17.3 Å². The molecule has 162 valence electrons. The number of hydrogen-bond donors (Lipinski definition) is 0. The fourth-order valence-corrected chi connectivity index (χ4v) is 4.03. The Hall–Kier alpha value is -2.80. The summed E-state index contributed by atoms with van der Waals surface area (Å²) in [7, 11) is 0. The Labute approximate surface area is 180 Å². The second-order valence-corrected chi connectivity index (χ2v) is 7.91. The van der Waals surface area contributed by atoms with Gasteiger partial charge in [-0.05, 0) is 49.2 Å². The van der Waals surface area contributed by atoms with Crippen molar-refractivity contribution in [2.24, 2.45) is 0 Å². The predicted octanol–water partition coefficient (Wildman–Crippen LogP) is 5.38. The van der Waals surface area contributed by atoms with Crippen LogP contribution in [-0.4, -0.2) is 26.4 Å². The minimum Gasteiger partial charge on any atom is -0.290 e. The first kappa shape index (κ1) is 21.4. The topological polar surface area (TPSA) is 41.9 Å². The third-order valence-electron chi connectivity index (χ3n) is 5.66. The molecule has 0 N–H and O–H groups in total. The molecule has 1 atom stereocenters. The quantitative estimate of drug-likeness (QED) is 0.531. The van der Waals surface area contributed by atoms with E-state index in [0.717, 1.165) is 72.8 Å². The molecule has 1 aliphatic rings. The molecule has 1 fully saturated rings. The Balaban J connectivity index is 1.46. The van der Waals surface area contributed by atoms with Gasteiger partial charge in [0.15, 0.2) is 0 Å². The zero-order chi connectivity index (χ0) is 21.8. The largest absolute Gasteiger partial charge is 0.416 e. The van der Waals surface area contributed by atoms with Gasteiger partial charge in [0, 0.05) is 43.0 Å². The van der Waals surface area contributed by atoms with Gasteiger partial charge in [-0.1, -0.05) is 25.1 Å². The van der Waals surface area contributed by atoms with Crippen molar-refractivity contribution in [2.45, 2.75) is 51.4 Å². The van der Waals surface area contributed by atoms with E-state index in [4.69, 9.17) is 4.98 Å². The van der Waals surface area contributed by atoms with Crippen LogP contribution in [0.15, 0.2) is 54.9 Å².